The third-order valence-electron chi connectivity index (χ3n) is 5.27. The minimum atomic E-state index is 0.0436. The molecule has 1 atom stereocenters. The maximum atomic E-state index is 12.6. The molecule has 0 radical (unpaired) electrons. The number of hydrogen-bond acceptors (Lipinski definition) is 7. The predicted molar refractivity (Wildman–Crippen MR) is 107 cm³/mol. The molecular formula is C19H27N5O2S. The molecule has 4 rings (SSSR count). The van der Waals surface area contributed by atoms with Gasteiger partial charge in [-0.3, -0.25) is 9.69 Å². The lowest BCUT2D eigenvalue weighted by Gasteiger charge is -2.31. The van der Waals surface area contributed by atoms with Crippen molar-refractivity contribution in [3.8, 4) is 0 Å². The molecule has 27 heavy (non-hydrogen) atoms. The zero-order valence-electron chi connectivity index (χ0n) is 15.6. The number of rotatable bonds is 6. The summed E-state index contributed by atoms with van der Waals surface area (Å²) in [5.74, 6) is 0.225. The van der Waals surface area contributed by atoms with Gasteiger partial charge in [-0.25, -0.2) is 9.97 Å². The van der Waals surface area contributed by atoms with Crippen LogP contribution < -0.4 is 10.2 Å². The van der Waals surface area contributed by atoms with Crippen LogP contribution in [-0.2, 0) is 9.53 Å². The number of ether oxygens (including phenoxy) is 1. The number of piperidine rings is 1. The SMILES string of the molecule is O=C(NCCCN1CCOCC1)C1CCCN(c2nc3cccnc3s2)C1. The van der Waals surface area contributed by atoms with Crippen LogP contribution in [0.1, 0.15) is 19.3 Å². The minimum absolute atomic E-state index is 0.0436. The summed E-state index contributed by atoms with van der Waals surface area (Å²) in [6.07, 6.45) is 4.77. The van der Waals surface area contributed by atoms with E-state index in [0.717, 1.165) is 87.2 Å². The number of amides is 1. The van der Waals surface area contributed by atoms with Gasteiger partial charge in [0.05, 0.1) is 19.1 Å². The van der Waals surface area contributed by atoms with Crippen molar-refractivity contribution < 1.29 is 9.53 Å². The van der Waals surface area contributed by atoms with Crippen molar-refractivity contribution in [3.63, 3.8) is 0 Å². The van der Waals surface area contributed by atoms with Crippen LogP contribution in [0, 0.1) is 5.92 Å². The quantitative estimate of drug-likeness (QED) is 0.759. The Balaban J connectivity index is 1.25. The average Bonchev–Trinajstić information content (AvgIpc) is 3.16. The number of nitrogens with one attached hydrogen (secondary N) is 1. The Labute approximate surface area is 163 Å². The van der Waals surface area contributed by atoms with E-state index in [1.165, 1.54) is 0 Å². The molecule has 0 aliphatic carbocycles. The van der Waals surface area contributed by atoms with Gasteiger partial charge in [-0.1, -0.05) is 11.3 Å². The fourth-order valence-corrected chi connectivity index (χ4v) is 4.69. The van der Waals surface area contributed by atoms with Crippen LogP contribution in [0.5, 0.6) is 0 Å². The molecule has 1 unspecified atom stereocenters. The van der Waals surface area contributed by atoms with Crippen molar-refractivity contribution in [2.24, 2.45) is 5.92 Å². The molecule has 2 aliphatic heterocycles. The van der Waals surface area contributed by atoms with Crippen LogP contribution in [0.3, 0.4) is 0 Å². The normalized spacial score (nSPS) is 21.5. The molecule has 1 N–H and O–H groups in total. The highest BCUT2D eigenvalue weighted by Crippen LogP contribution is 2.30. The van der Waals surface area contributed by atoms with Gasteiger partial charge in [0, 0.05) is 38.9 Å². The van der Waals surface area contributed by atoms with E-state index in [-0.39, 0.29) is 11.8 Å². The summed E-state index contributed by atoms with van der Waals surface area (Å²) in [6, 6.07) is 3.90. The minimum Gasteiger partial charge on any atom is -0.379 e. The third-order valence-corrected chi connectivity index (χ3v) is 6.31. The van der Waals surface area contributed by atoms with Crippen molar-refractivity contribution in [3.05, 3.63) is 18.3 Å². The lowest BCUT2D eigenvalue weighted by molar-refractivity contribution is -0.125. The summed E-state index contributed by atoms with van der Waals surface area (Å²) < 4.78 is 5.37. The van der Waals surface area contributed by atoms with Crippen LogP contribution in [0.2, 0.25) is 0 Å². The van der Waals surface area contributed by atoms with Gasteiger partial charge in [0.1, 0.15) is 10.3 Å². The molecule has 2 aliphatic rings. The van der Waals surface area contributed by atoms with E-state index in [2.05, 4.69) is 20.1 Å². The molecule has 2 aromatic heterocycles. The molecule has 0 spiro atoms. The second kappa shape index (κ2) is 8.95. The summed E-state index contributed by atoms with van der Waals surface area (Å²) in [7, 11) is 0. The first-order valence-electron chi connectivity index (χ1n) is 9.84. The van der Waals surface area contributed by atoms with Gasteiger partial charge < -0.3 is 15.0 Å². The number of hydrogen-bond donors (Lipinski definition) is 1. The summed E-state index contributed by atoms with van der Waals surface area (Å²) >= 11 is 1.61. The Kier molecular flexibility index (Phi) is 6.16. The van der Waals surface area contributed by atoms with Crippen LogP contribution in [0.15, 0.2) is 18.3 Å². The first kappa shape index (κ1) is 18.6. The molecule has 1 amide bonds. The first-order chi connectivity index (χ1) is 13.3. The van der Waals surface area contributed by atoms with E-state index in [1.807, 2.05) is 12.1 Å². The number of thiazole rings is 1. The molecule has 0 saturated carbocycles. The average molecular weight is 390 g/mol. The Morgan fingerprint density at radius 3 is 3.07 bits per heavy atom. The number of anilines is 1. The van der Waals surface area contributed by atoms with E-state index in [9.17, 15) is 4.79 Å². The van der Waals surface area contributed by atoms with Crippen molar-refractivity contribution in [2.75, 3.05) is 57.4 Å². The molecular weight excluding hydrogens is 362 g/mol. The van der Waals surface area contributed by atoms with Crippen molar-refractivity contribution >= 4 is 32.7 Å². The molecule has 7 nitrogen and oxygen atoms in total. The number of pyridine rings is 1. The molecule has 0 aromatic carbocycles. The van der Waals surface area contributed by atoms with Gasteiger partial charge in [-0.15, -0.1) is 0 Å². The van der Waals surface area contributed by atoms with Gasteiger partial charge in [-0.2, -0.15) is 0 Å². The standard InChI is InChI=1S/C19H27N5O2S/c25-17(20-7-3-8-23-10-12-26-13-11-23)15-4-2-9-24(14-15)19-22-16-5-1-6-21-18(16)27-19/h1,5-6,15H,2-4,7-14H2,(H,20,25). The van der Waals surface area contributed by atoms with E-state index >= 15 is 0 Å². The van der Waals surface area contributed by atoms with Gasteiger partial charge in [0.25, 0.3) is 0 Å². The lowest BCUT2D eigenvalue weighted by atomic mass is 9.97. The second-order valence-corrected chi connectivity index (χ2v) is 8.16. The molecule has 146 valence electrons. The fraction of sp³-hybridized carbons (Fsp3) is 0.632. The monoisotopic (exact) mass is 389 g/mol. The predicted octanol–water partition coefficient (Wildman–Crippen LogP) is 1.75. The van der Waals surface area contributed by atoms with Crippen LogP contribution >= 0.6 is 11.3 Å². The van der Waals surface area contributed by atoms with Gasteiger partial charge in [-0.05, 0) is 37.9 Å². The summed E-state index contributed by atoms with van der Waals surface area (Å²) in [4.78, 5) is 27.3. The van der Waals surface area contributed by atoms with Crippen molar-refractivity contribution in [1.29, 1.82) is 0 Å². The maximum Gasteiger partial charge on any atom is 0.224 e. The summed E-state index contributed by atoms with van der Waals surface area (Å²) in [5.41, 5.74) is 0.937. The first-order valence-corrected chi connectivity index (χ1v) is 10.7. The van der Waals surface area contributed by atoms with E-state index in [0.29, 0.717) is 0 Å². The molecule has 4 heterocycles. The number of carbonyl (C=O) groups excluding carboxylic acids is 1. The topological polar surface area (TPSA) is 70.6 Å². The number of fused-ring (bicyclic) bond motifs is 1. The molecule has 2 saturated heterocycles. The van der Waals surface area contributed by atoms with Crippen molar-refractivity contribution in [2.45, 2.75) is 19.3 Å². The number of aromatic nitrogens is 2. The number of morpholine rings is 1. The Hall–Kier alpha value is -1.77. The van der Waals surface area contributed by atoms with Gasteiger partial charge >= 0.3 is 0 Å². The molecule has 8 heteroatoms. The van der Waals surface area contributed by atoms with Gasteiger partial charge in [0.15, 0.2) is 5.13 Å². The highest BCUT2D eigenvalue weighted by Gasteiger charge is 2.27. The highest BCUT2D eigenvalue weighted by molar-refractivity contribution is 7.21. The smallest absolute Gasteiger partial charge is 0.224 e. The fourth-order valence-electron chi connectivity index (χ4n) is 3.74. The zero-order chi connectivity index (χ0) is 18.5. The summed E-state index contributed by atoms with van der Waals surface area (Å²) in [5, 5.41) is 4.12. The Morgan fingerprint density at radius 2 is 2.22 bits per heavy atom. The lowest BCUT2D eigenvalue weighted by Crippen LogP contribution is -2.44. The molecule has 2 fully saturated rings. The van der Waals surface area contributed by atoms with E-state index in [1.54, 1.807) is 17.5 Å². The van der Waals surface area contributed by atoms with Crippen LogP contribution in [0.25, 0.3) is 10.3 Å². The van der Waals surface area contributed by atoms with E-state index < -0.39 is 0 Å². The maximum absolute atomic E-state index is 12.6. The van der Waals surface area contributed by atoms with Crippen molar-refractivity contribution in [1.82, 2.24) is 20.2 Å². The molecule has 2 aromatic rings. The summed E-state index contributed by atoms with van der Waals surface area (Å²) in [6.45, 7) is 7.13. The molecule has 0 bridgehead atoms. The van der Waals surface area contributed by atoms with Crippen LogP contribution in [-0.4, -0.2) is 73.3 Å². The number of carbonyl (C=O) groups is 1. The van der Waals surface area contributed by atoms with Gasteiger partial charge in [0.2, 0.25) is 5.91 Å². The zero-order valence-corrected chi connectivity index (χ0v) is 16.4. The Bertz CT molecular complexity index is 728. The number of nitrogens with zero attached hydrogens (tertiary/aromatic N) is 4. The van der Waals surface area contributed by atoms with E-state index in [4.69, 9.17) is 9.72 Å². The van der Waals surface area contributed by atoms with Crippen LogP contribution in [0.4, 0.5) is 5.13 Å². The highest BCUT2D eigenvalue weighted by atomic mass is 32.1. The third kappa shape index (κ3) is 4.75. The Morgan fingerprint density at radius 1 is 1.33 bits per heavy atom. The second-order valence-electron chi connectivity index (χ2n) is 7.21. The largest absolute Gasteiger partial charge is 0.379 e.